The lowest BCUT2D eigenvalue weighted by atomic mass is 10.1. The maximum absolute atomic E-state index is 11.2. The first-order valence-corrected chi connectivity index (χ1v) is 7.21. The summed E-state index contributed by atoms with van der Waals surface area (Å²) in [6.45, 7) is 4.63. The summed E-state index contributed by atoms with van der Waals surface area (Å²) in [6, 6.07) is 0. The largest absolute Gasteiger partial charge is 0.274 e. The van der Waals surface area contributed by atoms with Gasteiger partial charge in [-0.15, -0.1) is 0 Å². The molecule has 0 unspecified atom stereocenters. The van der Waals surface area contributed by atoms with Crippen LogP contribution in [-0.4, -0.2) is 12.5 Å². The van der Waals surface area contributed by atoms with Crippen LogP contribution >= 0.6 is 0 Å². The Kier molecular flexibility index (Phi) is 13.0. The summed E-state index contributed by atoms with van der Waals surface area (Å²) in [6.07, 6.45) is 12.1. The summed E-state index contributed by atoms with van der Waals surface area (Å²) in [5.41, 5.74) is 2.42. The topological polar surface area (TPSA) is 38.3 Å². The molecule has 102 valence electrons. The molecule has 1 N–H and O–H groups in total. The molecular formula is C14H29NO2. The molecule has 0 aliphatic rings. The van der Waals surface area contributed by atoms with E-state index in [1.807, 2.05) is 6.92 Å². The van der Waals surface area contributed by atoms with Crippen molar-refractivity contribution in [1.82, 2.24) is 5.48 Å². The molecule has 0 atom stereocenters. The third-order valence-electron chi connectivity index (χ3n) is 2.84. The molecule has 0 heterocycles. The van der Waals surface area contributed by atoms with Gasteiger partial charge in [-0.1, -0.05) is 58.3 Å². The Morgan fingerprint density at radius 2 is 1.41 bits per heavy atom. The maximum Gasteiger partial charge on any atom is 0.243 e. The fourth-order valence-corrected chi connectivity index (χ4v) is 1.80. The van der Waals surface area contributed by atoms with E-state index < -0.39 is 0 Å². The minimum absolute atomic E-state index is 0.00907. The third kappa shape index (κ3) is 13.4. The van der Waals surface area contributed by atoms with Crippen molar-refractivity contribution in [2.24, 2.45) is 0 Å². The van der Waals surface area contributed by atoms with E-state index in [1.54, 1.807) is 0 Å². The normalized spacial score (nSPS) is 10.5. The van der Waals surface area contributed by atoms with Crippen molar-refractivity contribution >= 4 is 5.91 Å². The van der Waals surface area contributed by atoms with Crippen LogP contribution in [0.3, 0.4) is 0 Å². The van der Waals surface area contributed by atoms with E-state index in [4.69, 9.17) is 4.84 Å². The van der Waals surface area contributed by atoms with Gasteiger partial charge in [-0.3, -0.25) is 9.63 Å². The summed E-state index contributed by atoms with van der Waals surface area (Å²) < 4.78 is 0. The quantitative estimate of drug-likeness (QED) is 0.416. The molecule has 3 nitrogen and oxygen atoms in total. The second-order valence-corrected chi connectivity index (χ2v) is 4.54. The van der Waals surface area contributed by atoms with Crippen LogP contribution in [-0.2, 0) is 9.63 Å². The molecule has 0 aliphatic heterocycles. The van der Waals surface area contributed by atoms with Crippen LogP contribution < -0.4 is 5.48 Å². The number of hydroxylamine groups is 1. The third-order valence-corrected chi connectivity index (χ3v) is 2.84. The first kappa shape index (κ1) is 16.4. The van der Waals surface area contributed by atoms with Crippen molar-refractivity contribution in [2.75, 3.05) is 6.61 Å². The zero-order chi connectivity index (χ0) is 12.8. The molecule has 0 aliphatic carbocycles. The molecule has 0 bridgehead atoms. The molecule has 0 radical (unpaired) electrons. The number of amides is 1. The van der Waals surface area contributed by atoms with Crippen molar-refractivity contribution in [1.29, 1.82) is 0 Å². The molecule has 0 spiro atoms. The monoisotopic (exact) mass is 243 g/mol. The van der Waals surface area contributed by atoms with Gasteiger partial charge in [0.2, 0.25) is 5.91 Å². The van der Waals surface area contributed by atoms with E-state index in [0.29, 0.717) is 13.0 Å². The van der Waals surface area contributed by atoms with Crippen molar-refractivity contribution in [3.05, 3.63) is 0 Å². The van der Waals surface area contributed by atoms with Crippen LogP contribution in [0.2, 0.25) is 0 Å². The fourth-order valence-electron chi connectivity index (χ4n) is 1.80. The Morgan fingerprint density at radius 3 is 1.94 bits per heavy atom. The molecule has 0 aromatic rings. The Hall–Kier alpha value is -0.570. The van der Waals surface area contributed by atoms with E-state index in [2.05, 4.69) is 12.4 Å². The highest BCUT2D eigenvalue weighted by Crippen LogP contribution is 2.10. The summed E-state index contributed by atoms with van der Waals surface area (Å²) in [7, 11) is 0. The SMILES string of the molecule is CCCCCCCCCCCC(=O)NOCC. The molecule has 0 aromatic heterocycles. The lowest BCUT2D eigenvalue weighted by Gasteiger charge is -2.03. The maximum atomic E-state index is 11.2. The van der Waals surface area contributed by atoms with E-state index in [9.17, 15) is 4.79 Å². The zero-order valence-electron chi connectivity index (χ0n) is 11.6. The van der Waals surface area contributed by atoms with Gasteiger partial charge in [-0.25, -0.2) is 5.48 Å². The molecule has 0 saturated carbocycles. The lowest BCUT2D eigenvalue weighted by molar-refractivity contribution is -0.133. The lowest BCUT2D eigenvalue weighted by Crippen LogP contribution is -2.23. The van der Waals surface area contributed by atoms with E-state index in [-0.39, 0.29) is 5.91 Å². The van der Waals surface area contributed by atoms with Gasteiger partial charge in [0.25, 0.3) is 0 Å². The summed E-state index contributed by atoms with van der Waals surface area (Å²) in [5.74, 6) is 0.00907. The molecule has 0 aromatic carbocycles. The van der Waals surface area contributed by atoms with Crippen LogP contribution in [0.25, 0.3) is 0 Å². The van der Waals surface area contributed by atoms with Gasteiger partial charge in [0, 0.05) is 6.42 Å². The van der Waals surface area contributed by atoms with Crippen LogP contribution in [0, 0.1) is 0 Å². The van der Waals surface area contributed by atoms with Gasteiger partial charge in [0.15, 0.2) is 0 Å². The van der Waals surface area contributed by atoms with E-state index >= 15 is 0 Å². The molecular weight excluding hydrogens is 214 g/mol. The van der Waals surface area contributed by atoms with Crippen LogP contribution in [0.4, 0.5) is 0 Å². The average molecular weight is 243 g/mol. The molecule has 0 rings (SSSR count). The fraction of sp³-hybridized carbons (Fsp3) is 0.929. The smallest absolute Gasteiger partial charge is 0.243 e. The highest BCUT2D eigenvalue weighted by Gasteiger charge is 1.99. The van der Waals surface area contributed by atoms with Gasteiger partial charge >= 0.3 is 0 Å². The average Bonchev–Trinajstić information content (AvgIpc) is 2.34. The van der Waals surface area contributed by atoms with Gasteiger partial charge in [0.05, 0.1) is 6.61 Å². The summed E-state index contributed by atoms with van der Waals surface area (Å²) in [4.78, 5) is 16.0. The minimum atomic E-state index is 0.00907. The van der Waals surface area contributed by atoms with Crippen molar-refractivity contribution in [3.63, 3.8) is 0 Å². The summed E-state index contributed by atoms with van der Waals surface area (Å²) in [5, 5.41) is 0. The number of unbranched alkanes of at least 4 members (excludes halogenated alkanes) is 8. The van der Waals surface area contributed by atoms with E-state index in [1.165, 1.54) is 44.9 Å². The van der Waals surface area contributed by atoms with Crippen molar-refractivity contribution in [3.8, 4) is 0 Å². The Labute approximate surface area is 106 Å². The molecule has 0 saturated heterocycles. The standard InChI is InChI=1S/C14H29NO2/c1-3-5-6-7-8-9-10-11-12-13-14(16)15-17-4-2/h3-13H2,1-2H3,(H,15,16). The van der Waals surface area contributed by atoms with Gasteiger partial charge in [0.1, 0.15) is 0 Å². The van der Waals surface area contributed by atoms with Crippen LogP contribution in [0.1, 0.15) is 78.1 Å². The highest BCUT2D eigenvalue weighted by molar-refractivity contribution is 5.74. The van der Waals surface area contributed by atoms with Crippen molar-refractivity contribution < 1.29 is 9.63 Å². The minimum Gasteiger partial charge on any atom is -0.274 e. The van der Waals surface area contributed by atoms with E-state index in [0.717, 1.165) is 12.8 Å². The number of carbonyl (C=O) groups is 1. The zero-order valence-corrected chi connectivity index (χ0v) is 11.6. The number of carbonyl (C=O) groups excluding carboxylic acids is 1. The molecule has 17 heavy (non-hydrogen) atoms. The number of rotatable bonds is 12. The predicted molar refractivity (Wildman–Crippen MR) is 71.6 cm³/mol. The Balaban J connectivity index is 3.05. The van der Waals surface area contributed by atoms with Crippen molar-refractivity contribution in [2.45, 2.75) is 78.1 Å². The van der Waals surface area contributed by atoms with Gasteiger partial charge < -0.3 is 0 Å². The number of hydrogen-bond acceptors (Lipinski definition) is 2. The Morgan fingerprint density at radius 1 is 0.882 bits per heavy atom. The Bertz CT molecular complexity index is 172. The number of hydrogen-bond donors (Lipinski definition) is 1. The second kappa shape index (κ2) is 13.5. The van der Waals surface area contributed by atoms with Crippen LogP contribution in [0.15, 0.2) is 0 Å². The molecule has 0 fully saturated rings. The summed E-state index contributed by atoms with van der Waals surface area (Å²) >= 11 is 0. The number of nitrogens with one attached hydrogen (secondary N) is 1. The second-order valence-electron chi connectivity index (χ2n) is 4.54. The molecule has 1 amide bonds. The van der Waals surface area contributed by atoms with Gasteiger partial charge in [-0.2, -0.15) is 0 Å². The first-order chi connectivity index (χ1) is 8.31. The molecule has 3 heteroatoms. The highest BCUT2D eigenvalue weighted by atomic mass is 16.6. The van der Waals surface area contributed by atoms with Gasteiger partial charge in [-0.05, 0) is 13.3 Å². The predicted octanol–water partition coefficient (Wildman–Crippen LogP) is 3.98. The van der Waals surface area contributed by atoms with Crippen LogP contribution in [0.5, 0.6) is 0 Å². The first-order valence-electron chi connectivity index (χ1n) is 7.21.